The lowest BCUT2D eigenvalue weighted by Gasteiger charge is -2.29. The Morgan fingerprint density at radius 2 is 1.32 bits per heavy atom. The van der Waals surface area contributed by atoms with Crippen LogP contribution in [0.2, 0.25) is 0 Å². The molecule has 0 bridgehead atoms. The lowest BCUT2D eigenvalue weighted by atomic mass is 9.83. The number of amides is 2. The van der Waals surface area contributed by atoms with Crippen molar-refractivity contribution in [2.75, 3.05) is 10.2 Å². The number of fused-ring (bicyclic) bond motifs is 2. The third-order valence-electron chi connectivity index (χ3n) is 8.87. The van der Waals surface area contributed by atoms with Crippen LogP contribution in [0.4, 0.5) is 17.1 Å². The first-order valence-electron chi connectivity index (χ1n) is 14.3. The molecule has 0 radical (unpaired) electrons. The molecule has 8 rings (SSSR count). The van der Waals surface area contributed by atoms with E-state index in [9.17, 15) is 19.2 Å². The first-order chi connectivity index (χ1) is 21.2. The van der Waals surface area contributed by atoms with E-state index in [4.69, 9.17) is 0 Å². The normalized spacial score (nSPS) is 13.5. The van der Waals surface area contributed by atoms with E-state index in [0.29, 0.717) is 61.0 Å². The van der Waals surface area contributed by atoms with Crippen LogP contribution in [0, 0.1) is 13.8 Å². The van der Waals surface area contributed by atoms with Crippen molar-refractivity contribution in [1.29, 1.82) is 0 Å². The number of hydrogen-bond acceptors (Lipinski definition) is 5. The van der Waals surface area contributed by atoms with E-state index >= 15 is 0 Å². The summed E-state index contributed by atoms with van der Waals surface area (Å²) in [4.78, 5) is 55.8. The zero-order chi connectivity index (χ0) is 30.4. The number of aryl methyl sites for hydroxylation is 3. The minimum Gasteiger partial charge on any atom is -0.354 e. The van der Waals surface area contributed by atoms with Gasteiger partial charge >= 0.3 is 0 Å². The molecule has 7 heteroatoms. The number of carbonyl (C=O) groups is 3. The second kappa shape index (κ2) is 9.09. The molecule has 0 atom stereocenters. The molecule has 212 valence electrons. The van der Waals surface area contributed by atoms with Gasteiger partial charge in [0.2, 0.25) is 0 Å². The van der Waals surface area contributed by atoms with Crippen LogP contribution in [-0.2, 0) is 7.05 Å². The fourth-order valence-electron chi connectivity index (χ4n) is 6.78. The lowest BCUT2D eigenvalue weighted by Crippen LogP contribution is -2.40. The summed E-state index contributed by atoms with van der Waals surface area (Å²) in [5.41, 5.74) is 7.51. The maximum absolute atomic E-state index is 14.0. The van der Waals surface area contributed by atoms with Crippen LogP contribution >= 0.6 is 0 Å². The van der Waals surface area contributed by atoms with Crippen LogP contribution in [0.5, 0.6) is 0 Å². The summed E-state index contributed by atoms with van der Waals surface area (Å²) in [5.74, 6) is -0.900. The SMILES string of the molecule is Cc1ccc(N2C(=O)c3cccc4c(Nc5ccc6c7c(cc(=O)n6C)-c6ccccc6C(=O)c57)ccc(c34)C2=O)c(C)c1. The van der Waals surface area contributed by atoms with Crippen molar-refractivity contribution in [2.45, 2.75) is 13.8 Å². The average molecular weight is 576 g/mol. The highest BCUT2D eigenvalue weighted by molar-refractivity contribution is 6.37. The molecule has 0 spiro atoms. The standard InChI is InChI=1S/C37H25N3O4/c1-19-11-15-29(20(2)17-19)40-36(43)24-10-6-9-23-27(13-12-25(32(23)24)37(40)44)38-28-14-16-30-33-26(18-31(41)39(30)3)21-7-4-5-8-22(21)35(42)34(28)33/h4-18,38H,1-3H3. The highest BCUT2D eigenvalue weighted by atomic mass is 16.2. The van der Waals surface area contributed by atoms with Gasteiger partial charge in [-0.25, -0.2) is 4.90 Å². The van der Waals surface area contributed by atoms with E-state index in [-0.39, 0.29) is 23.2 Å². The molecule has 1 aromatic heterocycles. The van der Waals surface area contributed by atoms with Gasteiger partial charge in [0.15, 0.2) is 5.78 Å². The quantitative estimate of drug-likeness (QED) is 0.228. The number of nitrogens with zero attached hydrogens (tertiary/aromatic N) is 2. The van der Waals surface area contributed by atoms with Gasteiger partial charge in [0.1, 0.15) is 0 Å². The Labute approximate surface area is 252 Å². The number of rotatable bonds is 3. The number of imide groups is 1. The third-order valence-corrected chi connectivity index (χ3v) is 8.87. The van der Waals surface area contributed by atoms with Crippen molar-refractivity contribution in [3.63, 3.8) is 0 Å². The summed E-state index contributed by atoms with van der Waals surface area (Å²) in [6, 6.07) is 27.2. The van der Waals surface area contributed by atoms with E-state index in [1.165, 1.54) is 4.90 Å². The molecule has 1 N–H and O–H groups in total. The Morgan fingerprint density at radius 1 is 0.614 bits per heavy atom. The largest absolute Gasteiger partial charge is 0.354 e. The molecule has 0 saturated heterocycles. The molecule has 44 heavy (non-hydrogen) atoms. The average Bonchev–Trinajstić information content (AvgIpc) is 3.02. The summed E-state index contributed by atoms with van der Waals surface area (Å²) >= 11 is 0. The first-order valence-corrected chi connectivity index (χ1v) is 14.3. The molecule has 2 amide bonds. The van der Waals surface area contributed by atoms with Crippen LogP contribution in [0.25, 0.3) is 32.8 Å². The van der Waals surface area contributed by atoms with E-state index in [1.807, 2.05) is 68.4 Å². The summed E-state index contributed by atoms with van der Waals surface area (Å²) in [5, 5.41) is 5.43. The van der Waals surface area contributed by atoms with Gasteiger partial charge in [-0.1, -0.05) is 54.1 Å². The van der Waals surface area contributed by atoms with Crippen molar-refractivity contribution in [2.24, 2.45) is 7.05 Å². The van der Waals surface area contributed by atoms with Crippen LogP contribution in [0.1, 0.15) is 47.8 Å². The highest BCUT2D eigenvalue weighted by Gasteiger charge is 2.35. The molecule has 7 nitrogen and oxygen atoms in total. The van der Waals surface area contributed by atoms with Crippen molar-refractivity contribution in [1.82, 2.24) is 4.57 Å². The van der Waals surface area contributed by atoms with Crippen molar-refractivity contribution >= 4 is 56.3 Å². The third kappa shape index (κ3) is 3.43. The second-order valence-electron chi connectivity index (χ2n) is 11.5. The maximum Gasteiger partial charge on any atom is 0.265 e. The fraction of sp³-hybridized carbons (Fsp3) is 0.0811. The predicted molar refractivity (Wildman–Crippen MR) is 172 cm³/mol. The molecule has 6 aromatic rings. The van der Waals surface area contributed by atoms with Crippen molar-refractivity contribution in [3.05, 3.63) is 135 Å². The summed E-state index contributed by atoms with van der Waals surface area (Å²) in [7, 11) is 1.70. The molecule has 1 aliphatic heterocycles. The Morgan fingerprint density at radius 3 is 2.09 bits per heavy atom. The predicted octanol–water partition coefficient (Wildman–Crippen LogP) is 7.06. The molecule has 0 unspecified atom stereocenters. The first kappa shape index (κ1) is 25.9. The minimum atomic E-state index is -0.379. The molecule has 0 fully saturated rings. The van der Waals surface area contributed by atoms with Gasteiger partial charge < -0.3 is 9.88 Å². The molecular formula is C37H25N3O4. The number of ketones is 1. The highest BCUT2D eigenvalue weighted by Crippen LogP contribution is 2.43. The number of nitrogens with one attached hydrogen (secondary N) is 1. The molecular weight excluding hydrogens is 550 g/mol. The summed E-state index contributed by atoms with van der Waals surface area (Å²) in [6.07, 6.45) is 0. The second-order valence-corrected chi connectivity index (χ2v) is 11.5. The summed E-state index contributed by atoms with van der Waals surface area (Å²) < 4.78 is 1.55. The number of carbonyl (C=O) groups excluding carboxylic acids is 3. The molecule has 2 heterocycles. The number of anilines is 3. The number of hydrogen-bond donors (Lipinski definition) is 1. The molecule has 0 saturated carbocycles. The van der Waals surface area contributed by atoms with Gasteiger partial charge in [-0.3, -0.25) is 19.2 Å². The van der Waals surface area contributed by atoms with Crippen LogP contribution < -0.4 is 15.8 Å². The monoisotopic (exact) mass is 575 g/mol. The Hall–Kier alpha value is -5.82. The van der Waals surface area contributed by atoms with Crippen LogP contribution in [-0.4, -0.2) is 22.2 Å². The minimum absolute atomic E-state index is 0.142. The molecule has 1 aliphatic carbocycles. The Bertz CT molecular complexity index is 2360. The fourth-order valence-corrected chi connectivity index (χ4v) is 6.78. The van der Waals surface area contributed by atoms with E-state index in [2.05, 4.69) is 5.32 Å². The van der Waals surface area contributed by atoms with Gasteiger partial charge in [-0.05, 0) is 66.9 Å². The molecule has 5 aromatic carbocycles. The lowest BCUT2D eigenvalue weighted by molar-refractivity contribution is 0.0892. The smallest absolute Gasteiger partial charge is 0.265 e. The van der Waals surface area contributed by atoms with Gasteiger partial charge in [0.25, 0.3) is 17.4 Å². The maximum atomic E-state index is 14.0. The van der Waals surface area contributed by atoms with Crippen LogP contribution in [0.3, 0.4) is 0 Å². The Balaban J connectivity index is 1.31. The van der Waals surface area contributed by atoms with Gasteiger partial charge in [-0.2, -0.15) is 0 Å². The number of pyridine rings is 1. The topological polar surface area (TPSA) is 88.5 Å². The van der Waals surface area contributed by atoms with E-state index < -0.39 is 0 Å². The van der Waals surface area contributed by atoms with Gasteiger partial charge in [-0.15, -0.1) is 0 Å². The van der Waals surface area contributed by atoms with Gasteiger partial charge in [0, 0.05) is 51.7 Å². The number of benzene rings is 5. The van der Waals surface area contributed by atoms with E-state index in [0.717, 1.165) is 22.3 Å². The molecule has 2 aliphatic rings. The van der Waals surface area contributed by atoms with Crippen molar-refractivity contribution in [3.8, 4) is 11.1 Å². The van der Waals surface area contributed by atoms with Crippen LogP contribution in [0.15, 0.2) is 95.8 Å². The summed E-state index contributed by atoms with van der Waals surface area (Å²) in [6.45, 7) is 3.87. The van der Waals surface area contributed by atoms with Crippen molar-refractivity contribution < 1.29 is 14.4 Å². The Kier molecular flexibility index (Phi) is 5.34. The zero-order valence-electron chi connectivity index (χ0n) is 24.2. The van der Waals surface area contributed by atoms with Gasteiger partial charge in [0.05, 0.1) is 22.5 Å². The van der Waals surface area contributed by atoms with E-state index in [1.54, 1.807) is 48.0 Å². The number of aromatic nitrogens is 1. The zero-order valence-corrected chi connectivity index (χ0v) is 24.2.